The highest BCUT2D eigenvalue weighted by molar-refractivity contribution is 6.30. The third-order valence-corrected chi connectivity index (χ3v) is 3.94. The van der Waals surface area contributed by atoms with E-state index in [2.05, 4.69) is 10.6 Å². The number of rotatable bonds is 4. The first-order valence-electron chi connectivity index (χ1n) is 8.14. The Morgan fingerprint density at radius 1 is 0.821 bits per heavy atom. The van der Waals surface area contributed by atoms with E-state index in [1.165, 1.54) is 0 Å². The molecular weight excluding hydrogens is 376 g/mol. The van der Waals surface area contributed by atoms with Crippen molar-refractivity contribution in [3.63, 3.8) is 0 Å². The van der Waals surface area contributed by atoms with Crippen molar-refractivity contribution in [3.05, 3.63) is 82.9 Å². The predicted molar refractivity (Wildman–Crippen MR) is 106 cm³/mol. The minimum atomic E-state index is -0.405. The summed E-state index contributed by atoms with van der Waals surface area (Å²) in [5, 5.41) is 24.4. The first-order valence-corrected chi connectivity index (χ1v) is 8.51. The van der Waals surface area contributed by atoms with Crippen molar-refractivity contribution in [2.75, 3.05) is 10.6 Å². The number of amides is 2. The van der Waals surface area contributed by atoms with E-state index in [4.69, 9.17) is 16.3 Å². The number of hydrogen-bond donors (Lipinski definition) is 2. The lowest BCUT2D eigenvalue weighted by Crippen LogP contribution is -2.19. The zero-order valence-electron chi connectivity index (χ0n) is 14.4. The number of nitriles is 2. The molecule has 6 nitrogen and oxygen atoms in total. The second-order valence-corrected chi connectivity index (χ2v) is 6.05. The number of nitrogens with one attached hydrogen (secondary N) is 2. The Morgan fingerprint density at radius 2 is 1.32 bits per heavy atom. The minimum Gasteiger partial charge on any atom is -0.455 e. The van der Waals surface area contributed by atoms with Crippen molar-refractivity contribution >= 4 is 29.0 Å². The second kappa shape index (κ2) is 8.59. The van der Waals surface area contributed by atoms with Crippen LogP contribution in [0, 0.1) is 22.7 Å². The summed E-state index contributed by atoms with van der Waals surface area (Å²) < 4.78 is 5.70. The molecule has 3 aromatic carbocycles. The van der Waals surface area contributed by atoms with Crippen LogP contribution in [0.2, 0.25) is 5.02 Å². The summed E-state index contributed by atoms with van der Waals surface area (Å²) >= 11 is 5.81. The van der Waals surface area contributed by atoms with Gasteiger partial charge in [0.2, 0.25) is 0 Å². The Hall–Kier alpha value is -4.00. The number of ether oxygens (including phenoxy) is 1. The molecule has 0 aromatic heterocycles. The van der Waals surface area contributed by atoms with Crippen molar-refractivity contribution in [3.8, 4) is 23.6 Å². The van der Waals surface area contributed by atoms with Crippen LogP contribution in [0.5, 0.6) is 11.5 Å². The molecule has 28 heavy (non-hydrogen) atoms. The maximum Gasteiger partial charge on any atom is 0.323 e. The summed E-state index contributed by atoms with van der Waals surface area (Å²) in [6.45, 7) is 0. The topological polar surface area (TPSA) is 97.9 Å². The van der Waals surface area contributed by atoms with E-state index >= 15 is 0 Å². The van der Waals surface area contributed by atoms with Gasteiger partial charge in [0.25, 0.3) is 0 Å². The number of para-hydroxylation sites is 1. The minimum absolute atomic E-state index is 0.202. The van der Waals surface area contributed by atoms with E-state index < -0.39 is 6.03 Å². The number of hydrogen-bond acceptors (Lipinski definition) is 4. The molecule has 0 radical (unpaired) electrons. The number of nitrogens with zero attached hydrogens (tertiary/aromatic N) is 2. The lowest BCUT2D eigenvalue weighted by molar-refractivity contribution is 0.262. The van der Waals surface area contributed by atoms with Crippen LogP contribution in [0.25, 0.3) is 0 Å². The number of halogens is 1. The van der Waals surface area contributed by atoms with E-state index in [-0.39, 0.29) is 16.9 Å². The Kier molecular flexibility index (Phi) is 5.76. The Balaban J connectivity index is 1.67. The van der Waals surface area contributed by atoms with Crippen molar-refractivity contribution in [1.82, 2.24) is 0 Å². The number of urea groups is 1. The molecule has 0 saturated heterocycles. The highest BCUT2D eigenvalue weighted by Crippen LogP contribution is 2.29. The summed E-state index contributed by atoms with van der Waals surface area (Å²) in [4.78, 5) is 12.1. The molecule has 0 spiro atoms. The van der Waals surface area contributed by atoms with Gasteiger partial charge in [-0.05, 0) is 60.7 Å². The third-order valence-electron chi connectivity index (χ3n) is 3.69. The van der Waals surface area contributed by atoms with E-state index in [0.717, 1.165) is 0 Å². The van der Waals surface area contributed by atoms with E-state index in [9.17, 15) is 15.3 Å². The standard InChI is InChI=1S/C21H13ClN4O2/c22-16-4-6-17(7-5-16)25-21(27)26-18-8-10-19(11-9-18)28-20-14(12-23)2-1-3-15(20)13-24/h1-11H,(H2,25,26,27). The highest BCUT2D eigenvalue weighted by Gasteiger charge is 2.11. The Labute approximate surface area is 166 Å². The monoisotopic (exact) mass is 388 g/mol. The van der Waals surface area contributed by atoms with Gasteiger partial charge in [0.05, 0.1) is 11.1 Å². The molecule has 2 N–H and O–H groups in total. The van der Waals surface area contributed by atoms with Crippen LogP contribution in [-0.2, 0) is 0 Å². The summed E-state index contributed by atoms with van der Waals surface area (Å²) in [6, 6.07) is 21.7. The number of anilines is 2. The smallest absolute Gasteiger partial charge is 0.323 e. The average molecular weight is 389 g/mol. The molecule has 2 amide bonds. The quantitative estimate of drug-likeness (QED) is 0.614. The predicted octanol–water partition coefficient (Wildman–Crippen LogP) is 5.52. The number of carbonyl (C=O) groups excluding carboxylic acids is 1. The zero-order valence-corrected chi connectivity index (χ0v) is 15.2. The van der Waals surface area contributed by atoms with Crippen LogP contribution in [0.1, 0.15) is 11.1 Å². The summed E-state index contributed by atoms with van der Waals surface area (Å²) in [7, 11) is 0. The van der Waals surface area contributed by atoms with Gasteiger partial charge in [0.1, 0.15) is 17.9 Å². The molecule has 3 aromatic rings. The SMILES string of the molecule is N#Cc1cccc(C#N)c1Oc1ccc(NC(=O)Nc2ccc(Cl)cc2)cc1. The van der Waals surface area contributed by atoms with Crippen LogP contribution in [0.15, 0.2) is 66.7 Å². The fourth-order valence-electron chi connectivity index (χ4n) is 2.37. The van der Waals surface area contributed by atoms with E-state index in [1.807, 2.05) is 12.1 Å². The van der Waals surface area contributed by atoms with Crippen molar-refractivity contribution in [1.29, 1.82) is 10.5 Å². The van der Waals surface area contributed by atoms with Crippen LogP contribution >= 0.6 is 11.6 Å². The fraction of sp³-hybridized carbons (Fsp3) is 0. The summed E-state index contributed by atoms with van der Waals surface area (Å²) in [6.07, 6.45) is 0. The van der Waals surface area contributed by atoms with Gasteiger partial charge in [-0.3, -0.25) is 0 Å². The van der Waals surface area contributed by atoms with Gasteiger partial charge < -0.3 is 15.4 Å². The van der Waals surface area contributed by atoms with Crippen LogP contribution < -0.4 is 15.4 Å². The molecule has 0 fully saturated rings. The molecule has 7 heteroatoms. The van der Waals surface area contributed by atoms with Gasteiger partial charge >= 0.3 is 6.03 Å². The van der Waals surface area contributed by atoms with Crippen LogP contribution in [0.4, 0.5) is 16.2 Å². The van der Waals surface area contributed by atoms with E-state index in [0.29, 0.717) is 22.1 Å². The van der Waals surface area contributed by atoms with Crippen molar-refractivity contribution in [2.45, 2.75) is 0 Å². The summed E-state index contributed by atoms with van der Waals surface area (Å²) in [5.41, 5.74) is 1.69. The molecule has 0 unspecified atom stereocenters. The molecule has 0 atom stereocenters. The molecule has 0 aliphatic carbocycles. The van der Waals surface area contributed by atoms with Crippen LogP contribution in [-0.4, -0.2) is 6.03 Å². The molecule has 0 bridgehead atoms. The summed E-state index contributed by atoms with van der Waals surface area (Å²) in [5.74, 6) is 0.636. The maximum atomic E-state index is 12.1. The largest absolute Gasteiger partial charge is 0.455 e. The maximum absolute atomic E-state index is 12.1. The highest BCUT2D eigenvalue weighted by atomic mass is 35.5. The van der Waals surface area contributed by atoms with Crippen molar-refractivity contribution in [2.24, 2.45) is 0 Å². The van der Waals surface area contributed by atoms with Gasteiger partial charge in [-0.15, -0.1) is 0 Å². The third kappa shape index (κ3) is 4.59. The first-order chi connectivity index (χ1) is 13.6. The second-order valence-electron chi connectivity index (χ2n) is 5.62. The van der Waals surface area contributed by atoms with Gasteiger partial charge in [-0.25, -0.2) is 4.79 Å². The Morgan fingerprint density at radius 3 is 1.82 bits per heavy atom. The zero-order chi connectivity index (χ0) is 19.9. The van der Waals surface area contributed by atoms with Crippen molar-refractivity contribution < 1.29 is 9.53 Å². The Bertz CT molecular complexity index is 1050. The molecule has 3 rings (SSSR count). The van der Waals surface area contributed by atoms with Gasteiger partial charge in [-0.1, -0.05) is 17.7 Å². The normalized spacial score (nSPS) is 9.68. The lowest BCUT2D eigenvalue weighted by atomic mass is 10.1. The van der Waals surface area contributed by atoms with Gasteiger partial charge in [-0.2, -0.15) is 10.5 Å². The van der Waals surface area contributed by atoms with E-state index in [1.54, 1.807) is 66.7 Å². The van der Waals surface area contributed by atoms with Gasteiger partial charge in [0, 0.05) is 16.4 Å². The molecule has 0 saturated carbocycles. The molecule has 0 heterocycles. The lowest BCUT2D eigenvalue weighted by Gasteiger charge is -2.11. The molecule has 136 valence electrons. The fourth-order valence-corrected chi connectivity index (χ4v) is 2.50. The number of carbonyl (C=O) groups is 1. The first kappa shape index (κ1) is 18.8. The molecular formula is C21H13ClN4O2. The average Bonchev–Trinajstić information content (AvgIpc) is 2.71. The molecule has 0 aliphatic heterocycles. The van der Waals surface area contributed by atoms with Gasteiger partial charge in [0.15, 0.2) is 5.75 Å². The van der Waals surface area contributed by atoms with Crippen LogP contribution in [0.3, 0.4) is 0 Å². The molecule has 0 aliphatic rings. The number of benzene rings is 3.